The van der Waals surface area contributed by atoms with E-state index < -0.39 is 5.41 Å². The highest BCUT2D eigenvalue weighted by Gasteiger charge is 2.51. The normalized spacial score (nSPS) is 13.9. The molecule has 0 N–H and O–H groups in total. The van der Waals surface area contributed by atoms with Crippen LogP contribution in [0.4, 0.5) is 34.1 Å². The molecule has 0 amide bonds. The third-order valence-corrected chi connectivity index (χ3v) is 20.1. The van der Waals surface area contributed by atoms with E-state index in [4.69, 9.17) is 16.0 Å². The summed E-state index contributed by atoms with van der Waals surface area (Å²) < 4.78 is 9.26. The van der Waals surface area contributed by atoms with Crippen LogP contribution >= 0.6 is 34.7 Å². The second kappa shape index (κ2) is 19.9. The maximum atomic E-state index is 7.45. The minimum atomic E-state index is -0.651. The van der Waals surface area contributed by atoms with Gasteiger partial charge < -0.3 is 14.2 Å². The van der Waals surface area contributed by atoms with Crippen molar-refractivity contribution < 1.29 is 4.42 Å². The lowest BCUT2D eigenvalue weighted by atomic mass is 9.67. The van der Waals surface area contributed by atoms with Crippen molar-refractivity contribution in [1.82, 2.24) is 0 Å². The van der Waals surface area contributed by atoms with E-state index >= 15 is 0 Å². The minimum Gasteiger partial charge on any atom is -0.455 e. The number of para-hydroxylation sites is 3. The Morgan fingerprint density at radius 1 is 0.353 bits per heavy atom. The zero-order valence-corrected chi connectivity index (χ0v) is 48.2. The number of halogens is 1. The number of hydrogen-bond acceptors (Lipinski definition) is 5. The molecular weight excluding hydrogens is 1090 g/mol. The second-order valence-corrected chi connectivity index (χ2v) is 24.5. The van der Waals surface area contributed by atoms with Crippen LogP contribution in [0.25, 0.3) is 86.6 Å². The molecule has 3 heterocycles. The summed E-state index contributed by atoms with van der Waals surface area (Å²) in [5, 5.41) is 5.46. The average Bonchev–Trinajstić information content (AvgIpc) is 1.66. The van der Waals surface area contributed by atoms with Gasteiger partial charge in [0, 0.05) is 80.3 Å². The van der Waals surface area contributed by atoms with E-state index in [2.05, 4.69) is 295 Å². The predicted octanol–water partition coefficient (Wildman–Crippen LogP) is 23.4. The van der Waals surface area contributed by atoms with Crippen molar-refractivity contribution in [3.63, 3.8) is 0 Å². The molecule has 2 aromatic heterocycles. The van der Waals surface area contributed by atoms with Crippen molar-refractivity contribution in [1.29, 1.82) is 0 Å². The zero-order valence-electron chi connectivity index (χ0n) is 45.8. The van der Waals surface area contributed by atoms with E-state index in [0.29, 0.717) is 0 Å². The van der Waals surface area contributed by atoms with Gasteiger partial charge in [-0.1, -0.05) is 224 Å². The summed E-state index contributed by atoms with van der Waals surface area (Å²) in [6, 6.07) is 108. The number of benzene rings is 13. The van der Waals surface area contributed by atoms with Crippen molar-refractivity contribution in [3.8, 4) is 44.5 Å². The van der Waals surface area contributed by atoms with Crippen LogP contribution < -0.4 is 9.80 Å². The summed E-state index contributed by atoms with van der Waals surface area (Å²) in [5.41, 5.74) is 21.8. The fourth-order valence-corrected chi connectivity index (χ4v) is 16.4. The smallest absolute Gasteiger partial charge is 0.143 e. The molecule has 1 aliphatic carbocycles. The Kier molecular flexibility index (Phi) is 11.6. The molecular formula is C79H49ClN2OS2. The first-order valence-electron chi connectivity index (χ1n) is 28.7. The molecule has 0 bridgehead atoms. The third-order valence-electron chi connectivity index (χ3n) is 17.4. The fourth-order valence-electron chi connectivity index (χ4n) is 13.7. The lowest BCUT2D eigenvalue weighted by Gasteiger charge is -2.40. The SMILES string of the molecule is Clc1cccc2c1Sc1cc(N(c3ccccc3)c3cc(-c4ccccc4)c4oc5ccccc5c4c3)ccc1C21c2ccccc2-c2cc(-c3ccc(N(c4ccccc4)c4ccc5sc6ccccc6c5c4-c4ccccc4)cc3)ccc21. The van der Waals surface area contributed by atoms with E-state index in [-0.39, 0.29) is 0 Å². The summed E-state index contributed by atoms with van der Waals surface area (Å²) in [6.07, 6.45) is 0. The fraction of sp³-hybridized carbons (Fsp3) is 0.0127. The molecule has 85 heavy (non-hydrogen) atoms. The van der Waals surface area contributed by atoms with E-state index in [0.717, 1.165) is 93.1 Å². The predicted molar refractivity (Wildman–Crippen MR) is 359 cm³/mol. The van der Waals surface area contributed by atoms with Gasteiger partial charge in [-0.15, -0.1) is 11.3 Å². The average molecular weight is 1140 g/mol. The van der Waals surface area contributed by atoms with Crippen molar-refractivity contribution in [2.24, 2.45) is 0 Å². The number of nitrogens with zero attached hydrogens (tertiary/aromatic N) is 2. The molecule has 0 saturated heterocycles. The molecule has 17 rings (SSSR count). The molecule has 0 saturated carbocycles. The number of thiophene rings is 1. The lowest BCUT2D eigenvalue weighted by Crippen LogP contribution is -2.32. The molecule has 6 heteroatoms. The van der Waals surface area contributed by atoms with E-state index in [1.165, 1.54) is 64.7 Å². The summed E-state index contributed by atoms with van der Waals surface area (Å²) in [6.45, 7) is 0. The second-order valence-electron chi connectivity index (χ2n) is 22.0. The van der Waals surface area contributed by atoms with Crippen molar-refractivity contribution in [2.75, 3.05) is 9.80 Å². The highest BCUT2D eigenvalue weighted by atomic mass is 35.5. The molecule has 13 aromatic carbocycles. The Morgan fingerprint density at radius 2 is 0.965 bits per heavy atom. The monoisotopic (exact) mass is 1140 g/mol. The van der Waals surface area contributed by atoms with Gasteiger partial charge in [0.1, 0.15) is 11.2 Å². The molecule has 2 aliphatic rings. The van der Waals surface area contributed by atoms with Gasteiger partial charge in [0.25, 0.3) is 0 Å². The van der Waals surface area contributed by atoms with Gasteiger partial charge in [-0.25, -0.2) is 0 Å². The molecule has 15 aromatic rings. The van der Waals surface area contributed by atoms with Crippen LogP contribution in [0, 0.1) is 0 Å². The van der Waals surface area contributed by atoms with E-state index in [9.17, 15) is 0 Å². The van der Waals surface area contributed by atoms with Gasteiger partial charge in [-0.05, 0) is 153 Å². The minimum absolute atomic E-state index is 0.651. The van der Waals surface area contributed by atoms with Gasteiger partial charge >= 0.3 is 0 Å². The first-order valence-corrected chi connectivity index (χ1v) is 30.7. The van der Waals surface area contributed by atoms with Gasteiger partial charge in [-0.2, -0.15) is 0 Å². The van der Waals surface area contributed by atoms with Crippen molar-refractivity contribution in [2.45, 2.75) is 15.2 Å². The summed E-state index contributed by atoms with van der Waals surface area (Å²) in [4.78, 5) is 7.05. The van der Waals surface area contributed by atoms with Crippen LogP contribution in [0.5, 0.6) is 0 Å². The van der Waals surface area contributed by atoms with Crippen LogP contribution in [0.1, 0.15) is 22.3 Å². The first kappa shape index (κ1) is 49.7. The van der Waals surface area contributed by atoms with Crippen LogP contribution in [0.2, 0.25) is 5.02 Å². The summed E-state index contributed by atoms with van der Waals surface area (Å²) in [7, 11) is 0. The number of hydrogen-bond donors (Lipinski definition) is 0. The number of furan rings is 1. The Hall–Kier alpha value is -9.88. The van der Waals surface area contributed by atoms with Gasteiger partial charge in [0.15, 0.2) is 0 Å². The third kappa shape index (κ3) is 7.81. The molecule has 1 atom stereocenters. The van der Waals surface area contributed by atoms with Crippen LogP contribution in [-0.4, -0.2) is 0 Å². The summed E-state index contributed by atoms with van der Waals surface area (Å²) >= 11 is 11.1. The lowest BCUT2D eigenvalue weighted by molar-refractivity contribution is 0.670. The Labute approximate surface area is 505 Å². The molecule has 1 spiro atoms. The van der Waals surface area contributed by atoms with Crippen molar-refractivity contribution in [3.05, 3.63) is 325 Å². The van der Waals surface area contributed by atoms with Crippen LogP contribution in [-0.2, 0) is 5.41 Å². The molecule has 0 fully saturated rings. The Morgan fingerprint density at radius 3 is 1.75 bits per heavy atom. The van der Waals surface area contributed by atoms with E-state index in [1.807, 2.05) is 23.5 Å². The topological polar surface area (TPSA) is 19.6 Å². The maximum absolute atomic E-state index is 7.45. The van der Waals surface area contributed by atoms with Gasteiger partial charge in [-0.3, -0.25) is 0 Å². The largest absolute Gasteiger partial charge is 0.455 e. The van der Waals surface area contributed by atoms with Gasteiger partial charge in [0.2, 0.25) is 0 Å². The molecule has 0 radical (unpaired) electrons. The summed E-state index contributed by atoms with van der Waals surface area (Å²) in [5.74, 6) is 0. The highest BCUT2D eigenvalue weighted by Crippen LogP contribution is 2.64. The standard InChI is InChI=1S/C79H49ClN2OS2/c80-69-33-19-32-68-78(69)85-74-49-57(81(54-24-9-3-10-25-54)58-47-62(51-20-5-1-6-21-51)77-64(48-58)60-29-14-17-34-71(60)83-77)41-43-67(74)79(68)65-31-16-13-28-59(65)63-46-53(38-42-66(63)79)50-36-39-56(40-37-50)82(55-26-11-4-12-27-55)70-44-45-73-76(61-30-15-18-35-72(61)84-73)75(70)52-22-7-2-8-23-52/h1-49H. The molecule has 1 unspecified atom stereocenters. The molecule has 1 aliphatic heterocycles. The highest BCUT2D eigenvalue weighted by molar-refractivity contribution is 7.99. The van der Waals surface area contributed by atoms with Crippen molar-refractivity contribution >= 4 is 111 Å². The number of anilines is 6. The van der Waals surface area contributed by atoms with Crippen LogP contribution in [0.15, 0.2) is 311 Å². The maximum Gasteiger partial charge on any atom is 0.143 e. The Balaban J connectivity index is 0.809. The van der Waals surface area contributed by atoms with E-state index in [1.54, 1.807) is 11.8 Å². The van der Waals surface area contributed by atoms with Crippen LogP contribution in [0.3, 0.4) is 0 Å². The Bertz CT molecular complexity index is 5120. The zero-order chi connectivity index (χ0) is 56.2. The number of rotatable bonds is 9. The molecule has 3 nitrogen and oxygen atoms in total. The first-order chi connectivity index (χ1) is 42.1. The van der Waals surface area contributed by atoms with Gasteiger partial charge in [0.05, 0.1) is 16.1 Å². The molecule has 400 valence electrons. The quantitative estimate of drug-likeness (QED) is 0.143. The number of fused-ring (bicyclic) bond motifs is 15.